The maximum absolute atomic E-state index is 2.18. The van der Waals surface area contributed by atoms with E-state index in [4.69, 9.17) is 0 Å². The molecule has 0 bridgehead atoms. The first-order valence-corrected chi connectivity index (χ1v) is 11.2. The van der Waals surface area contributed by atoms with E-state index in [9.17, 15) is 0 Å². The van der Waals surface area contributed by atoms with E-state index in [1.807, 2.05) is 0 Å². The summed E-state index contributed by atoms with van der Waals surface area (Å²) in [5.74, 6) is 0. The molecule has 0 nitrogen and oxygen atoms in total. The number of hydrogen-bond acceptors (Lipinski definition) is 0. The van der Waals surface area contributed by atoms with Gasteiger partial charge in [-0.3, -0.25) is 0 Å². The maximum Gasteiger partial charge on any atom is 0 e. The van der Waals surface area contributed by atoms with Gasteiger partial charge in [0.05, 0.1) is 0 Å². The average molecular weight is 400 g/mol. The van der Waals surface area contributed by atoms with Crippen molar-refractivity contribution in [2.24, 2.45) is 0 Å². The molecule has 0 heterocycles. The summed E-state index contributed by atoms with van der Waals surface area (Å²) in [6, 6.07) is 0. The van der Waals surface area contributed by atoms with Crippen LogP contribution in [0.5, 0.6) is 0 Å². The first-order valence-electron chi connectivity index (χ1n) is 4.89. The van der Waals surface area contributed by atoms with Gasteiger partial charge in [0.2, 0.25) is 0 Å². The molecule has 0 aromatic carbocycles. The van der Waals surface area contributed by atoms with E-state index in [1.54, 1.807) is 0 Å². The van der Waals surface area contributed by atoms with Crippen molar-refractivity contribution in [1.82, 2.24) is 0 Å². The molecule has 12 heavy (non-hydrogen) atoms. The molecule has 0 aromatic rings. The predicted octanol–water partition coefficient (Wildman–Crippen LogP) is 6.41. The Labute approximate surface area is 104 Å². The smallest absolute Gasteiger partial charge is 0 e. The van der Waals surface area contributed by atoms with Gasteiger partial charge in [-0.25, -0.2) is 0 Å². The lowest BCUT2D eigenvalue weighted by molar-refractivity contribution is 0.886. The SMILES string of the molecule is CCC.CCC.CCCC.II. The molecule has 0 N–H and O–H groups in total. The highest BCUT2D eigenvalue weighted by atomic mass is 128. The van der Waals surface area contributed by atoms with Crippen LogP contribution in [0.25, 0.3) is 0 Å². The largest absolute Gasteiger partial charge is 0.0656 e. The fourth-order valence-electron chi connectivity index (χ4n) is 0. The van der Waals surface area contributed by atoms with Crippen LogP contribution < -0.4 is 0 Å². The Kier molecular flexibility index (Phi) is 107. The summed E-state index contributed by atoms with van der Waals surface area (Å²) in [6.07, 6.45) is 5.14. The summed E-state index contributed by atoms with van der Waals surface area (Å²) in [4.78, 5) is 0. The number of unbranched alkanes of at least 4 members (excludes halogenated alkanes) is 1. The molecule has 0 unspecified atom stereocenters. The molecule has 80 valence electrons. The van der Waals surface area contributed by atoms with Gasteiger partial charge in [0.25, 0.3) is 0 Å². The van der Waals surface area contributed by atoms with Gasteiger partial charge in [-0.05, 0) is 0 Å². The third-order valence-corrected chi connectivity index (χ3v) is 0.500. The molecule has 0 aliphatic rings. The Morgan fingerprint density at radius 3 is 0.667 bits per heavy atom. The van der Waals surface area contributed by atoms with Gasteiger partial charge in [-0.2, -0.15) is 0 Å². The van der Waals surface area contributed by atoms with Crippen LogP contribution in [0.3, 0.4) is 0 Å². The topological polar surface area (TPSA) is 0 Å². The van der Waals surface area contributed by atoms with Crippen molar-refractivity contribution in [3.63, 3.8) is 0 Å². The van der Waals surface area contributed by atoms with E-state index in [0.29, 0.717) is 0 Å². The Hall–Kier alpha value is 1.46. The number of rotatable bonds is 1. The lowest BCUT2D eigenvalue weighted by Crippen LogP contribution is -1.47. The summed E-state index contributed by atoms with van der Waals surface area (Å²) in [7, 11) is 0. The molecular formula is C10H26I2. The molecule has 0 aliphatic carbocycles. The van der Waals surface area contributed by atoms with Gasteiger partial charge < -0.3 is 0 Å². The summed E-state index contributed by atoms with van der Waals surface area (Å²) < 4.78 is 0. The van der Waals surface area contributed by atoms with Crippen molar-refractivity contribution in [3.8, 4) is 0 Å². The molecule has 2 heteroatoms. The minimum atomic E-state index is 1.25. The molecule has 0 aliphatic heterocycles. The van der Waals surface area contributed by atoms with Crippen molar-refractivity contribution in [1.29, 1.82) is 0 Å². The first kappa shape index (κ1) is 23.4. The summed E-state index contributed by atoms with van der Waals surface area (Å²) in [5, 5.41) is 0. The Morgan fingerprint density at radius 1 is 0.583 bits per heavy atom. The fourth-order valence-corrected chi connectivity index (χ4v) is 0. The molecule has 0 rings (SSSR count). The monoisotopic (exact) mass is 400 g/mol. The van der Waals surface area contributed by atoms with Crippen molar-refractivity contribution in [2.75, 3.05) is 0 Å². The van der Waals surface area contributed by atoms with E-state index < -0.39 is 0 Å². The highest BCUT2D eigenvalue weighted by Gasteiger charge is 1.56. The molecule has 0 fully saturated rings. The van der Waals surface area contributed by atoms with E-state index in [1.165, 1.54) is 25.7 Å². The number of hydrogen-bond donors (Lipinski definition) is 0. The number of halogens is 2. The van der Waals surface area contributed by atoms with E-state index in [-0.39, 0.29) is 0 Å². The molecule has 0 saturated carbocycles. The van der Waals surface area contributed by atoms with Crippen molar-refractivity contribution in [3.05, 3.63) is 0 Å². The van der Waals surface area contributed by atoms with E-state index >= 15 is 0 Å². The molecule has 0 aromatic heterocycles. The lowest BCUT2D eigenvalue weighted by atomic mass is 10.4. The Balaban J connectivity index is -0.0000000368. The van der Waals surface area contributed by atoms with Crippen molar-refractivity contribution < 1.29 is 0 Å². The molecule has 0 saturated heterocycles. The fraction of sp³-hybridized carbons (Fsp3) is 1.00. The van der Waals surface area contributed by atoms with Gasteiger partial charge in [-0.15, -0.1) is 0 Å². The summed E-state index contributed by atoms with van der Waals surface area (Å²) in [5.41, 5.74) is 0. The van der Waals surface area contributed by atoms with Crippen LogP contribution in [0.1, 0.15) is 67.2 Å². The molecule has 0 atom stereocenters. The standard InChI is InChI=1S/C4H10.2C3H8.I2/c1-3-4-2;2*1-3-2;1-2/h3-4H2,1-2H3;2*3H2,1-2H3;. The molecular weight excluding hydrogens is 374 g/mol. The Morgan fingerprint density at radius 2 is 0.667 bits per heavy atom. The second kappa shape index (κ2) is 54.9. The highest BCUT2D eigenvalue weighted by Crippen LogP contribution is 1.89. The van der Waals surface area contributed by atoms with Gasteiger partial charge >= 0.3 is 0 Å². The van der Waals surface area contributed by atoms with Crippen LogP contribution in [0.4, 0.5) is 0 Å². The zero-order valence-corrected chi connectivity index (χ0v) is 13.9. The first-order chi connectivity index (χ1) is 5.74. The van der Waals surface area contributed by atoms with Gasteiger partial charge in [0.1, 0.15) is 0 Å². The zero-order valence-electron chi connectivity index (χ0n) is 9.58. The van der Waals surface area contributed by atoms with Crippen molar-refractivity contribution >= 4 is 37.2 Å². The summed E-state index contributed by atoms with van der Waals surface area (Å²) in [6.45, 7) is 12.9. The van der Waals surface area contributed by atoms with Crippen LogP contribution in [0, 0.1) is 0 Å². The second-order valence-electron chi connectivity index (χ2n) is 2.41. The molecule has 0 amide bonds. The van der Waals surface area contributed by atoms with Crippen LogP contribution in [0.15, 0.2) is 0 Å². The van der Waals surface area contributed by atoms with Gasteiger partial charge in [-0.1, -0.05) is 67.2 Å². The predicted molar refractivity (Wildman–Crippen MR) is 80.6 cm³/mol. The van der Waals surface area contributed by atoms with Crippen LogP contribution in [-0.4, -0.2) is 0 Å². The van der Waals surface area contributed by atoms with Crippen LogP contribution in [0.2, 0.25) is 0 Å². The van der Waals surface area contributed by atoms with Gasteiger partial charge in [0, 0.05) is 37.2 Å². The van der Waals surface area contributed by atoms with Crippen LogP contribution in [-0.2, 0) is 0 Å². The highest BCUT2D eigenvalue weighted by molar-refractivity contribution is 15.0. The minimum absolute atomic E-state index is 1.25. The van der Waals surface area contributed by atoms with E-state index in [0.717, 1.165) is 0 Å². The third-order valence-electron chi connectivity index (χ3n) is 0.500. The Bertz CT molecular complexity index is 19.8. The zero-order chi connectivity index (χ0) is 10.8. The molecule has 0 spiro atoms. The second-order valence-corrected chi connectivity index (χ2v) is 2.41. The lowest BCUT2D eigenvalue weighted by Gasteiger charge is -1.68. The molecule has 0 radical (unpaired) electrons. The van der Waals surface area contributed by atoms with E-state index in [2.05, 4.69) is 78.8 Å². The quantitative estimate of drug-likeness (QED) is 0.447. The van der Waals surface area contributed by atoms with Gasteiger partial charge in [0.15, 0.2) is 0 Å². The van der Waals surface area contributed by atoms with Crippen LogP contribution >= 0.6 is 37.2 Å². The third kappa shape index (κ3) is 207. The summed E-state index contributed by atoms with van der Waals surface area (Å²) >= 11 is 4.24. The maximum atomic E-state index is 2.18. The minimum Gasteiger partial charge on any atom is -0.0656 e. The normalized spacial score (nSPS) is 6.00. The van der Waals surface area contributed by atoms with Crippen molar-refractivity contribution in [2.45, 2.75) is 67.2 Å². The average Bonchev–Trinajstić information content (AvgIpc) is 2.10.